The smallest absolute Gasteiger partial charge is 0.244 e. The van der Waals surface area contributed by atoms with Crippen LogP contribution in [0.2, 0.25) is 0 Å². The van der Waals surface area contributed by atoms with Gasteiger partial charge in [0, 0.05) is 0 Å². The minimum absolute atomic E-state index is 0.0101. The molecule has 0 saturated carbocycles. The molecule has 0 fully saturated rings. The Morgan fingerprint density at radius 2 is 1.62 bits per heavy atom. The number of benzene rings is 3. The van der Waals surface area contributed by atoms with Crippen LogP contribution >= 0.6 is 0 Å². The van der Waals surface area contributed by atoms with E-state index in [9.17, 15) is 13.2 Å². The van der Waals surface area contributed by atoms with Crippen molar-refractivity contribution in [3.05, 3.63) is 89.5 Å². The fraction of sp³-hybridized carbons (Fsp3) is 0.269. The van der Waals surface area contributed by atoms with Crippen LogP contribution in [0.3, 0.4) is 0 Å². The van der Waals surface area contributed by atoms with Crippen LogP contribution in [0.1, 0.15) is 29.7 Å². The minimum Gasteiger partial charge on any atom is -0.497 e. The molecular weight excluding hydrogens is 452 g/mol. The summed E-state index contributed by atoms with van der Waals surface area (Å²) in [6.45, 7) is 3.64. The van der Waals surface area contributed by atoms with Crippen LogP contribution in [0.15, 0.2) is 77.7 Å². The molecule has 34 heavy (non-hydrogen) atoms. The van der Waals surface area contributed by atoms with Gasteiger partial charge in [-0.05, 0) is 61.2 Å². The lowest BCUT2D eigenvalue weighted by Crippen LogP contribution is -2.48. The second kappa shape index (κ2) is 11.2. The van der Waals surface area contributed by atoms with Crippen molar-refractivity contribution in [2.24, 2.45) is 0 Å². The number of hydrogen-bond acceptors (Lipinski definition) is 5. The van der Waals surface area contributed by atoms with Gasteiger partial charge in [0.05, 0.1) is 20.3 Å². The highest BCUT2D eigenvalue weighted by Crippen LogP contribution is 2.25. The normalized spacial score (nSPS) is 13.1. The van der Waals surface area contributed by atoms with E-state index in [2.05, 4.69) is 10.0 Å². The van der Waals surface area contributed by atoms with Crippen LogP contribution in [0.5, 0.6) is 11.5 Å². The molecule has 0 aromatic heterocycles. The fourth-order valence-electron chi connectivity index (χ4n) is 3.57. The van der Waals surface area contributed by atoms with Gasteiger partial charge in [-0.3, -0.25) is 4.79 Å². The zero-order chi connectivity index (χ0) is 24.7. The molecule has 0 aliphatic rings. The molecule has 0 aliphatic heterocycles. The van der Waals surface area contributed by atoms with Crippen LogP contribution in [0.25, 0.3) is 0 Å². The van der Waals surface area contributed by atoms with Crippen molar-refractivity contribution in [1.29, 1.82) is 0 Å². The van der Waals surface area contributed by atoms with E-state index in [0.29, 0.717) is 5.75 Å². The van der Waals surface area contributed by atoms with Gasteiger partial charge >= 0.3 is 0 Å². The Hall–Kier alpha value is -3.36. The quantitative estimate of drug-likeness (QED) is 0.459. The number of methoxy groups -OCH3 is 2. The van der Waals surface area contributed by atoms with Crippen LogP contribution in [-0.4, -0.2) is 34.6 Å². The van der Waals surface area contributed by atoms with Gasteiger partial charge in [0.25, 0.3) is 0 Å². The summed E-state index contributed by atoms with van der Waals surface area (Å²) in [5.74, 6) is 0.495. The third kappa shape index (κ3) is 6.36. The van der Waals surface area contributed by atoms with Gasteiger partial charge < -0.3 is 14.8 Å². The molecule has 2 N–H and O–H groups in total. The van der Waals surface area contributed by atoms with Crippen LogP contribution in [-0.2, 0) is 21.2 Å². The summed E-state index contributed by atoms with van der Waals surface area (Å²) in [4.78, 5) is 13.3. The molecule has 0 unspecified atom stereocenters. The van der Waals surface area contributed by atoms with Crippen molar-refractivity contribution in [2.75, 3.05) is 14.2 Å². The number of amides is 1. The monoisotopic (exact) mass is 482 g/mol. The van der Waals surface area contributed by atoms with Crippen LogP contribution < -0.4 is 19.5 Å². The Labute approximate surface area is 201 Å². The zero-order valence-electron chi connectivity index (χ0n) is 19.7. The first kappa shape index (κ1) is 25.3. The summed E-state index contributed by atoms with van der Waals surface area (Å²) in [7, 11) is -1.05. The minimum atomic E-state index is -4.05. The molecule has 180 valence electrons. The number of hydrogen-bond donors (Lipinski definition) is 2. The van der Waals surface area contributed by atoms with Crippen molar-refractivity contribution >= 4 is 15.9 Å². The second-order valence-corrected chi connectivity index (χ2v) is 9.70. The number of rotatable bonds is 10. The lowest BCUT2D eigenvalue weighted by Gasteiger charge is -2.22. The summed E-state index contributed by atoms with van der Waals surface area (Å²) in [6, 6.07) is 20.1. The first-order valence-electron chi connectivity index (χ1n) is 10.9. The molecule has 0 spiro atoms. The maximum absolute atomic E-state index is 13.3. The number of carbonyl (C=O) groups is 1. The van der Waals surface area contributed by atoms with E-state index >= 15 is 0 Å². The van der Waals surface area contributed by atoms with E-state index in [1.807, 2.05) is 61.5 Å². The molecule has 0 bridgehead atoms. The predicted molar refractivity (Wildman–Crippen MR) is 132 cm³/mol. The molecule has 1 amide bonds. The largest absolute Gasteiger partial charge is 0.497 e. The van der Waals surface area contributed by atoms with E-state index in [0.717, 1.165) is 16.7 Å². The summed E-state index contributed by atoms with van der Waals surface area (Å²) in [5, 5.41) is 2.93. The Kier molecular flexibility index (Phi) is 8.31. The molecule has 8 heteroatoms. The van der Waals surface area contributed by atoms with Gasteiger partial charge in [0.2, 0.25) is 15.9 Å². The summed E-state index contributed by atoms with van der Waals surface area (Å²) in [5.41, 5.74) is 2.47. The van der Waals surface area contributed by atoms with Crippen LogP contribution in [0.4, 0.5) is 0 Å². The Morgan fingerprint density at radius 3 is 2.24 bits per heavy atom. The van der Waals surface area contributed by atoms with Gasteiger partial charge in [-0.1, -0.05) is 48.5 Å². The molecule has 3 rings (SSSR count). The SMILES string of the molecule is COc1ccc([C@@H](C)NC(=O)[C@@H](Cc2ccccc2)NS(=O)(=O)c2cc(C)ccc2OC)cc1. The summed E-state index contributed by atoms with van der Waals surface area (Å²) < 4.78 is 39.7. The first-order valence-corrected chi connectivity index (χ1v) is 12.4. The van der Waals surface area contributed by atoms with Crippen molar-refractivity contribution in [1.82, 2.24) is 10.0 Å². The molecule has 2 atom stereocenters. The predicted octanol–water partition coefficient (Wildman–Crippen LogP) is 3.78. The van der Waals surface area contributed by atoms with E-state index in [-0.39, 0.29) is 23.1 Å². The molecule has 0 aliphatic carbocycles. The zero-order valence-corrected chi connectivity index (χ0v) is 20.6. The van der Waals surface area contributed by atoms with Crippen molar-refractivity contribution in [2.45, 2.75) is 37.2 Å². The Morgan fingerprint density at radius 1 is 0.941 bits per heavy atom. The molecule has 3 aromatic rings. The summed E-state index contributed by atoms with van der Waals surface area (Å²) in [6.07, 6.45) is 0.190. The maximum atomic E-state index is 13.3. The molecule has 0 saturated heterocycles. The van der Waals surface area contributed by atoms with Crippen LogP contribution in [0, 0.1) is 6.92 Å². The van der Waals surface area contributed by atoms with Crippen molar-refractivity contribution in [3.8, 4) is 11.5 Å². The standard InChI is InChI=1S/C26H30N2O5S/c1-18-10-15-24(33-4)25(16-18)34(30,31)28-23(17-20-8-6-5-7-9-20)26(29)27-19(2)21-11-13-22(32-3)14-12-21/h5-16,19,23,28H,17H2,1-4H3,(H,27,29)/t19-,23-/m1/s1. The third-order valence-electron chi connectivity index (χ3n) is 5.48. The van der Waals surface area contributed by atoms with Gasteiger partial charge in [-0.25, -0.2) is 8.42 Å². The average Bonchev–Trinajstić information content (AvgIpc) is 2.84. The van der Waals surface area contributed by atoms with E-state index in [1.54, 1.807) is 26.2 Å². The average molecular weight is 483 g/mol. The maximum Gasteiger partial charge on any atom is 0.244 e. The highest BCUT2D eigenvalue weighted by Gasteiger charge is 2.29. The Bertz CT molecular complexity index is 1210. The number of sulfonamides is 1. The molecule has 3 aromatic carbocycles. The first-order chi connectivity index (χ1) is 16.2. The third-order valence-corrected chi connectivity index (χ3v) is 6.97. The van der Waals surface area contributed by atoms with Gasteiger partial charge in [-0.15, -0.1) is 0 Å². The molecular formula is C26H30N2O5S. The lowest BCUT2D eigenvalue weighted by atomic mass is 10.0. The number of ether oxygens (including phenoxy) is 2. The number of carbonyl (C=O) groups excluding carboxylic acids is 1. The van der Waals surface area contributed by atoms with Crippen molar-refractivity contribution in [3.63, 3.8) is 0 Å². The summed E-state index contributed by atoms with van der Waals surface area (Å²) >= 11 is 0. The Balaban J connectivity index is 1.87. The molecule has 0 heterocycles. The van der Waals surface area contributed by atoms with Crippen molar-refractivity contribution < 1.29 is 22.7 Å². The highest BCUT2D eigenvalue weighted by atomic mass is 32.2. The number of nitrogens with one attached hydrogen (secondary N) is 2. The van der Waals surface area contributed by atoms with E-state index in [4.69, 9.17) is 9.47 Å². The lowest BCUT2D eigenvalue weighted by molar-refractivity contribution is -0.123. The van der Waals surface area contributed by atoms with Gasteiger partial charge in [0.1, 0.15) is 22.4 Å². The topological polar surface area (TPSA) is 93.7 Å². The molecule has 7 nitrogen and oxygen atoms in total. The molecule has 0 radical (unpaired) electrons. The van der Waals surface area contributed by atoms with E-state index < -0.39 is 22.0 Å². The van der Waals surface area contributed by atoms with E-state index in [1.165, 1.54) is 13.2 Å². The van der Waals surface area contributed by atoms with Gasteiger partial charge in [-0.2, -0.15) is 4.72 Å². The fourth-order valence-corrected chi connectivity index (χ4v) is 5.02. The second-order valence-electron chi connectivity index (χ2n) is 8.02. The highest BCUT2D eigenvalue weighted by molar-refractivity contribution is 7.89. The number of aryl methyl sites for hydroxylation is 1. The van der Waals surface area contributed by atoms with Gasteiger partial charge in [0.15, 0.2) is 0 Å².